The minimum Gasteiger partial charge on any atom is -0.352 e. The van der Waals surface area contributed by atoms with Gasteiger partial charge < -0.3 is 11.1 Å². The highest BCUT2D eigenvalue weighted by Gasteiger charge is 2.26. The van der Waals surface area contributed by atoms with E-state index in [0.29, 0.717) is 17.2 Å². The molecule has 1 amide bonds. The summed E-state index contributed by atoms with van der Waals surface area (Å²) in [6.45, 7) is 4.18. The van der Waals surface area contributed by atoms with Crippen LogP contribution in [0, 0.1) is 5.92 Å². The van der Waals surface area contributed by atoms with Crippen molar-refractivity contribution in [1.29, 1.82) is 0 Å². The van der Waals surface area contributed by atoms with Gasteiger partial charge in [-0.2, -0.15) is 11.8 Å². The second kappa shape index (κ2) is 6.50. The van der Waals surface area contributed by atoms with Gasteiger partial charge in [0.2, 0.25) is 5.91 Å². The summed E-state index contributed by atoms with van der Waals surface area (Å²) in [5.41, 5.74) is 5.85. The highest BCUT2D eigenvalue weighted by atomic mass is 32.2. The molecule has 0 spiro atoms. The monoisotopic (exact) mass is 244 g/mol. The van der Waals surface area contributed by atoms with E-state index < -0.39 is 0 Å². The van der Waals surface area contributed by atoms with Crippen molar-refractivity contribution in [2.75, 3.05) is 6.26 Å². The molecule has 1 aliphatic rings. The molecule has 1 aliphatic carbocycles. The first-order valence-corrected chi connectivity index (χ1v) is 7.40. The molecule has 0 aromatic heterocycles. The molecule has 0 aromatic rings. The first-order chi connectivity index (χ1) is 7.52. The summed E-state index contributed by atoms with van der Waals surface area (Å²) >= 11 is 1.90. The SMILES string of the molecule is CSC1CCC(NC(=O)[C@H](N)CC(C)C)C1. The molecule has 2 unspecified atom stereocenters. The van der Waals surface area contributed by atoms with E-state index in [1.165, 1.54) is 6.42 Å². The molecule has 0 radical (unpaired) electrons. The molecule has 3 atom stereocenters. The van der Waals surface area contributed by atoms with Gasteiger partial charge in [0, 0.05) is 11.3 Å². The summed E-state index contributed by atoms with van der Waals surface area (Å²) in [4.78, 5) is 11.8. The van der Waals surface area contributed by atoms with Crippen molar-refractivity contribution in [3.05, 3.63) is 0 Å². The van der Waals surface area contributed by atoms with Gasteiger partial charge >= 0.3 is 0 Å². The summed E-state index contributed by atoms with van der Waals surface area (Å²) in [6, 6.07) is 0.0106. The van der Waals surface area contributed by atoms with Crippen molar-refractivity contribution in [2.24, 2.45) is 11.7 Å². The maximum absolute atomic E-state index is 11.8. The molecule has 3 N–H and O–H groups in total. The molecule has 0 saturated heterocycles. The van der Waals surface area contributed by atoms with Gasteiger partial charge in [-0.25, -0.2) is 0 Å². The van der Waals surface area contributed by atoms with Crippen molar-refractivity contribution >= 4 is 17.7 Å². The quantitative estimate of drug-likeness (QED) is 0.775. The number of thioether (sulfide) groups is 1. The summed E-state index contributed by atoms with van der Waals surface area (Å²) < 4.78 is 0. The van der Waals surface area contributed by atoms with E-state index in [9.17, 15) is 4.79 Å². The van der Waals surface area contributed by atoms with Crippen LogP contribution in [0.25, 0.3) is 0 Å². The van der Waals surface area contributed by atoms with Crippen LogP contribution < -0.4 is 11.1 Å². The van der Waals surface area contributed by atoms with Gasteiger partial charge in [-0.1, -0.05) is 13.8 Å². The van der Waals surface area contributed by atoms with E-state index in [4.69, 9.17) is 5.73 Å². The first-order valence-electron chi connectivity index (χ1n) is 6.11. The number of nitrogens with two attached hydrogens (primary N) is 1. The summed E-state index contributed by atoms with van der Waals surface area (Å²) in [6.07, 6.45) is 6.32. The van der Waals surface area contributed by atoms with Crippen LogP contribution in [-0.4, -0.2) is 29.5 Å². The number of amides is 1. The Balaban J connectivity index is 2.29. The van der Waals surface area contributed by atoms with E-state index in [1.807, 2.05) is 11.8 Å². The molecular formula is C12H24N2OS. The Kier molecular flexibility index (Phi) is 5.62. The van der Waals surface area contributed by atoms with Crippen molar-refractivity contribution in [3.63, 3.8) is 0 Å². The van der Waals surface area contributed by atoms with Crippen molar-refractivity contribution in [3.8, 4) is 0 Å². The van der Waals surface area contributed by atoms with Crippen LogP contribution in [0.4, 0.5) is 0 Å². The number of carbonyl (C=O) groups excluding carboxylic acids is 1. The number of rotatable bonds is 5. The van der Waals surface area contributed by atoms with Crippen molar-refractivity contribution in [1.82, 2.24) is 5.32 Å². The Morgan fingerprint density at radius 1 is 1.50 bits per heavy atom. The van der Waals surface area contributed by atoms with E-state index in [-0.39, 0.29) is 11.9 Å². The lowest BCUT2D eigenvalue weighted by molar-refractivity contribution is -0.123. The Morgan fingerprint density at radius 2 is 2.19 bits per heavy atom. The Morgan fingerprint density at radius 3 is 2.69 bits per heavy atom. The lowest BCUT2D eigenvalue weighted by Crippen LogP contribution is -2.45. The Labute approximate surface area is 103 Å². The first kappa shape index (κ1) is 13.8. The molecule has 1 saturated carbocycles. The summed E-state index contributed by atoms with van der Waals surface area (Å²) in [7, 11) is 0. The lowest BCUT2D eigenvalue weighted by Gasteiger charge is -2.18. The van der Waals surface area contributed by atoms with E-state index >= 15 is 0 Å². The maximum Gasteiger partial charge on any atom is 0.237 e. The van der Waals surface area contributed by atoms with Crippen LogP contribution in [0.3, 0.4) is 0 Å². The van der Waals surface area contributed by atoms with Crippen LogP contribution in [-0.2, 0) is 4.79 Å². The van der Waals surface area contributed by atoms with Crippen LogP contribution in [0.5, 0.6) is 0 Å². The largest absolute Gasteiger partial charge is 0.352 e. The molecule has 0 aliphatic heterocycles. The zero-order chi connectivity index (χ0) is 12.1. The highest BCUT2D eigenvalue weighted by molar-refractivity contribution is 7.99. The molecule has 1 fully saturated rings. The van der Waals surface area contributed by atoms with E-state index in [2.05, 4.69) is 25.4 Å². The van der Waals surface area contributed by atoms with Gasteiger partial charge in [-0.05, 0) is 37.9 Å². The third kappa shape index (κ3) is 4.34. The van der Waals surface area contributed by atoms with Gasteiger partial charge in [-0.15, -0.1) is 0 Å². The molecule has 0 bridgehead atoms. The predicted octanol–water partition coefficient (Wildman–Crippen LogP) is 1.76. The van der Waals surface area contributed by atoms with Gasteiger partial charge in [-0.3, -0.25) is 4.79 Å². The van der Waals surface area contributed by atoms with Gasteiger partial charge in [0.15, 0.2) is 0 Å². The normalized spacial score (nSPS) is 27.1. The van der Waals surface area contributed by atoms with Crippen molar-refractivity contribution < 1.29 is 4.79 Å². The van der Waals surface area contributed by atoms with Crippen LogP contribution in [0.2, 0.25) is 0 Å². The topological polar surface area (TPSA) is 55.1 Å². The predicted molar refractivity (Wildman–Crippen MR) is 70.5 cm³/mol. The van der Waals surface area contributed by atoms with Crippen LogP contribution in [0.15, 0.2) is 0 Å². The molecule has 16 heavy (non-hydrogen) atoms. The molecule has 3 nitrogen and oxygen atoms in total. The molecule has 4 heteroatoms. The fourth-order valence-electron chi connectivity index (χ4n) is 2.21. The average molecular weight is 244 g/mol. The van der Waals surface area contributed by atoms with Crippen LogP contribution in [0.1, 0.15) is 39.5 Å². The Bertz CT molecular complexity index is 233. The molecule has 0 aromatic carbocycles. The Hall–Kier alpha value is -0.220. The minimum atomic E-state index is -0.340. The number of nitrogens with one attached hydrogen (secondary N) is 1. The average Bonchev–Trinajstić information content (AvgIpc) is 2.64. The van der Waals surface area contributed by atoms with Crippen molar-refractivity contribution in [2.45, 2.75) is 56.9 Å². The lowest BCUT2D eigenvalue weighted by atomic mass is 10.0. The zero-order valence-electron chi connectivity index (χ0n) is 10.5. The zero-order valence-corrected chi connectivity index (χ0v) is 11.3. The van der Waals surface area contributed by atoms with Gasteiger partial charge in [0.1, 0.15) is 0 Å². The standard InChI is InChI=1S/C12H24N2OS/c1-8(2)6-11(13)12(15)14-9-4-5-10(7-9)16-3/h8-11H,4-7,13H2,1-3H3,(H,14,15)/t9?,10?,11-/m1/s1. The third-order valence-corrected chi connectivity index (χ3v) is 4.22. The fraction of sp³-hybridized carbons (Fsp3) is 0.917. The summed E-state index contributed by atoms with van der Waals surface area (Å²) in [5, 5.41) is 3.79. The second-order valence-corrected chi connectivity index (χ2v) is 6.25. The maximum atomic E-state index is 11.8. The number of carbonyl (C=O) groups is 1. The molecule has 0 heterocycles. The fourth-order valence-corrected chi connectivity index (χ4v) is 3.00. The highest BCUT2D eigenvalue weighted by Crippen LogP contribution is 2.28. The summed E-state index contributed by atoms with van der Waals surface area (Å²) in [5.74, 6) is 0.503. The molecule has 1 rings (SSSR count). The van der Waals surface area contributed by atoms with Crippen LogP contribution >= 0.6 is 11.8 Å². The van der Waals surface area contributed by atoms with Gasteiger partial charge in [0.25, 0.3) is 0 Å². The number of hydrogen-bond acceptors (Lipinski definition) is 3. The second-order valence-electron chi connectivity index (χ2n) is 5.11. The third-order valence-electron chi connectivity index (χ3n) is 3.13. The van der Waals surface area contributed by atoms with E-state index in [0.717, 1.165) is 19.3 Å². The smallest absolute Gasteiger partial charge is 0.237 e. The number of hydrogen-bond donors (Lipinski definition) is 2. The van der Waals surface area contributed by atoms with E-state index in [1.54, 1.807) is 0 Å². The van der Waals surface area contributed by atoms with Gasteiger partial charge in [0.05, 0.1) is 6.04 Å². The molecular weight excluding hydrogens is 220 g/mol. The minimum absolute atomic E-state index is 0.0282. The molecule has 94 valence electrons.